The number of benzene rings is 2. The van der Waals surface area contributed by atoms with Crippen molar-refractivity contribution in [2.24, 2.45) is 0 Å². The fourth-order valence-corrected chi connectivity index (χ4v) is 2.73. The summed E-state index contributed by atoms with van der Waals surface area (Å²) in [4.78, 5) is 21.1. The fourth-order valence-electron chi connectivity index (χ4n) is 2.73. The van der Waals surface area contributed by atoms with Crippen LogP contribution in [0.3, 0.4) is 0 Å². The maximum Gasteiger partial charge on any atom is 0.251 e. The molecular weight excluding hydrogens is 343 g/mol. The SMILES string of the molecule is Cc1cc(C)nc(Nc2ccc(C(=O)N[C@H](C)c3ccc(F)cc3)cc2)n1. The van der Waals surface area contributed by atoms with Crippen LogP contribution in [0, 0.1) is 19.7 Å². The molecular formula is C21H21FN4O. The summed E-state index contributed by atoms with van der Waals surface area (Å²) in [6.07, 6.45) is 0. The van der Waals surface area contributed by atoms with E-state index >= 15 is 0 Å². The van der Waals surface area contributed by atoms with E-state index in [4.69, 9.17) is 0 Å². The second-order valence-corrected chi connectivity index (χ2v) is 6.42. The van der Waals surface area contributed by atoms with Crippen molar-refractivity contribution in [2.45, 2.75) is 26.8 Å². The maximum absolute atomic E-state index is 13.0. The van der Waals surface area contributed by atoms with Gasteiger partial charge in [-0.2, -0.15) is 0 Å². The van der Waals surface area contributed by atoms with Gasteiger partial charge in [0.25, 0.3) is 5.91 Å². The molecule has 0 aliphatic carbocycles. The third-order valence-corrected chi connectivity index (χ3v) is 4.10. The van der Waals surface area contributed by atoms with E-state index in [0.717, 1.165) is 22.6 Å². The van der Waals surface area contributed by atoms with Gasteiger partial charge in [-0.05, 0) is 68.8 Å². The van der Waals surface area contributed by atoms with Crippen LogP contribution >= 0.6 is 0 Å². The van der Waals surface area contributed by atoms with Gasteiger partial charge in [0.1, 0.15) is 5.82 Å². The monoisotopic (exact) mass is 364 g/mol. The molecule has 138 valence electrons. The molecule has 3 aromatic rings. The third-order valence-electron chi connectivity index (χ3n) is 4.10. The second-order valence-electron chi connectivity index (χ2n) is 6.42. The summed E-state index contributed by atoms with van der Waals surface area (Å²) in [6.45, 7) is 5.68. The van der Waals surface area contributed by atoms with Crippen LogP contribution in [0.1, 0.15) is 40.3 Å². The molecule has 0 fully saturated rings. The van der Waals surface area contributed by atoms with Gasteiger partial charge in [0, 0.05) is 22.6 Å². The molecule has 0 aliphatic rings. The van der Waals surface area contributed by atoms with Crippen molar-refractivity contribution in [1.82, 2.24) is 15.3 Å². The van der Waals surface area contributed by atoms with Crippen molar-refractivity contribution in [1.29, 1.82) is 0 Å². The largest absolute Gasteiger partial charge is 0.346 e. The lowest BCUT2D eigenvalue weighted by Crippen LogP contribution is -2.26. The van der Waals surface area contributed by atoms with E-state index in [1.54, 1.807) is 36.4 Å². The molecule has 3 rings (SSSR count). The lowest BCUT2D eigenvalue weighted by molar-refractivity contribution is 0.0940. The summed E-state index contributed by atoms with van der Waals surface area (Å²) >= 11 is 0. The average molecular weight is 364 g/mol. The lowest BCUT2D eigenvalue weighted by atomic mass is 10.1. The molecule has 2 aromatic carbocycles. The summed E-state index contributed by atoms with van der Waals surface area (Å²) in [6, 6.07) is 14.8. The fraction of sp³-hybridized carbons (Fsp3) is 0.190. The Morgan fingerprint density at radius 1 is 0.963 bits per heavy atom. The Hall–Kier alpha value is -3.28. The molecule has 5 nitrogen and oxygen atoms in total. The van der Waals surface area contributed by atoms with Gasteiger partial charge in [-0.3, -0.25) is 4.79 Å². The minimum atomic E-state index is -0.298. The van der Waals surface area contributed by atoms with Crippen LogP contribution in [0.5, 0.6) is 0 Å². The summed E-state index contributed by atoms with van der Waals surface area (Å²) in [5.41, 5.74) is 3.94. The van der Waals surface area contributed by atoms with Crippen LogP contribution < -0.4 is 10.6 Å². The number of carbonyl (C=O) groups is 1. The van der Waals surface area contributed by atoms with Gasteiger partial charge in [-0.25, -0.2) is 14.4 Å². The molecule has 27 heavy (non-hydrogen) atoms. The van der Waals surface area contributed by atoms with E-state index in [9.17, 15) is 9.18 Å². The van der Waals surface area contributed by atoms with Crippen molar-refractivity contribution in [3.8, 4) is 0 Å². The summed E-state index contributed by atoms with van der Waals surface area (Å²) in [5, 5.41) is 6.04. The first-order valence-electron chi connectivity index (χ1n) is 8.66. The number of aromatic nitrogens is 2. The van der Waals surface area contributed by atoms with Crippen LogP contribution in [-0.2, 0) is 0 Å². The number of hydrogen-bond donors (Lipinski definition) is 2. The highest BCUT2D eigenvalue weighted by Crippen LogP contribution is 2.17. The van der Waals surface area contributed by atoms with Crippen molar-refractivity contribution in [3.05, 3.63) is 82.9 Å². The first-order chi connectivity index (χ1) is 12.9. The first kappa shape index (κ1) is 18.5. The summed E-state index contributed by atoms with van der Waals surface area (Å²) in [7, 11) is 0. The maximum atomic E-state index is 13.0. The van der Waals surface area contributed by atoms with E-state index in [1.807, 2.05) is 26.8 Å². The van der Waals surface area contributed by atoms with Crippen LogP contribution in [0.15, 0.2) is 54.6 Å². The van der Waals surface area contributed by atoms with Crippen molar-refractivity contribution in [2.75, 3.05) is 5.32 Å². The Kier molecular flexibility index (Phi) is 5.45. The zero-order chi connectivity index (χ0) is 19.4. The first-order valence-corrected chi connectivity index (χ1v) is 8.66. The van der Waals surface area contributed by atoms with E-state index in [1.165, 1.54) is 12.1 Å². The van der Waals surface area contributed by atoms with Crippen LogP contribution in [0.4, 0.5) is 16.0 Å². The zero-order valence-corrected chi connectivity index (χ0v) is 15.5. The highest BCUT2D eigenvalue weighted by molar-refractivity contribution is 5.94. The van der Waals surface area contributed by atoms with Gasteiger partial charge < -0.3 is 10.6 Å². The number of hydrogen-bond acceptors (Lipinski definition) is 4. The molecule has 1 heterocycles. The molecule has 1 atom stereocenters. The van der Waals surface area contributed by atoms with E-state index in [-0.39, 0.29) is 17.8 Å². The molecule has 6 heteroatoms. The average Bonchev–Trinajstić information content (AvgIpc) is 2.62. The van der Waals surface area contributed by atoms with Gasteiger partial charge in [0.05, 0.1) is 6.04 Å². The molecule has 1 aromatic heterocycles. The second kappa shape index (κ2) is 7.95. The van der Waals surface area contributed by atoms with Crippen molar-refractivity contribution < 1.29 is 9.18 Å². The lowest BCUT2D eigenvalue weighted by Gasteiger charge is -2.14. The normalized spacial score (nSPS) is 11.7. The highest BCUT2D eigenvalue weighted by atomic mass is 19.1. The third kappa shape index (κ3) is 4.88. The number of aryl methyl sites for hydroxylation is 2. The molecule has 1 amide bonds. The minimum Gasteiger partial charge on any atom is -0.346 e. The van der Waals surface area contributed by atoms with E-state index < -0.39 is 0 Å². The molecule has 0 bridgehead atoms. The Balaban J connectivity index is 1.65. The Morgan fingerprint density at radius 3 is 2.15 bits per heavy atom. The standard InChI is InChI=1S/C21H21FN4O/c1-13-12-14(2)24-21(23-13)26-19-10-6-17(7-11-19)20(27)25-15(3)16-4-8-18(22)9-5-16/h4-12,15H,1-3H3,(H,25,27)(H,23,24,26)/t15-/m1/s1. The molecule has 0 saturated carbocycles. The predicted molar refractivity (Wildman–Crippen MR) is 104 cm³/mol. The number of anilines is 2. The minimum absolute atomic E-state index is 0.193. The quantitative estimate of drug-likeness (QED) is 0.701. The molecule has 2 N–H and O–H groups in total. The molecule has 0 aliphatic heterocycles. The number of amides is 1. The Bertz CT molecular complexity index is 919. The molecule has 0 saturated heterocycles. The highest BCUT2D eigenvalue weighted by Gasteiger charge is 2.12. The van der Waals surface area contributed by atoms with E-state index in [0.29, 0.717) is 11.5 Å². The van der Waals surface area contributed by atoms with Crippen LogP contribution in [0.25, 0.3) is 0 Å². The summed E-state index contributed by atoms with van der Waals surface area (Å²) < 4.78 is 13.0. The number of nitrogens with zero attached hydrogens (tertiary/aromatic N) is 2. The number of nitrogens with one attached hydrogen (secondary N) is 2. The van der Waals surface area contributed by atoms with Gasteiger partial charge >= 0.3 is 0 Å². The number of halogens is 1. The zero-order valence-electron chi connectivity index (χ0n) is 15.5. The van der Waals surface area contributed by atoms with Gasteiger partial charge in [-0.15, -0.1) is 0 Å². The topological polar surface area (TPSA) is 66.9 Å². The Morgan fingerprint density at radius 2 is 1.56 bits per heavy atom. The van der Waals surface area contributed by atoms with Crippen molar-refractivity contribution >= 4 is 17.5 Å². The molecule has 0 spiro atoms. The van der Waals surface area contributed by atoms with Gasteiger partial charge in [0.15, 0.2) is 0 Å². The van der Waals surface area contributed by atoms with Crippen LogP contribution in [0.2, 0.25) is 0 Å². The number of carbonyl (C=O) groups excluding carboxylic acids is 1. The van der Waals surface area contributed by atoms with Crippen LogP contribution in [-0.4, -0.2) is 15.9 Å². The van der Waals surface area contributed by atoms with Crippen molar-refractivity contribution in [3.63, 3.8) is 0 Å². The Labute approximate surface area is 157 Å². The van der Waals surface area contributed by atoms with Gasteiger partial charge in [0.2, 0.25) is 5.95 Å². The molecule has 0 unspecified atom stereocenters. The summed E-state index contributed by atoms with van der Waals surface area (Å²) in [5.74, 6) is 0.0313. The predicted octanol–water partition coefficient (Wildman–Crippen LogP) is 4.47. The van der Waals surface area contributed by atoms with Gasteiger partial charge in [-0.1, -0.05) is 12.1 Å². The number of rotatable bonds is 5. The molecule has 0 radical (unpaired) electrons. The van der Waals surface area contributed by atoms with E-state index in [2.05, 4.69) is 20.6 Å². The smallest absolute Gasteiger partial charge is 0.251 e.